The van der Waals surface area contributed by atoms with Gasteiger partial charge in [0.15, 0.2) is 0 Å². The third-order valence-electron chi connectivity index (χ3n) is 5.93. The number of aromatic nitrogens is 3. The van der Waals surface area contributed by atoms with Crippen LogP contribution in [0.3, 0.4) is 0 Å². The number of furan rings is 1. The first-order valence-electron chi connectivity index (χ1n) is 10.1. The number of hydrogen-bond donors (Lipinski definition) is 0. The Kier molecular flexibility index (Phi) is 5.22. The van der Waals surface area contributed by atoms with E-state index in [9.17, 15) is 10.1 Å². The number of hydrogen-bond acceptors (Lipinski definition) is 5. The van der Waals surface area contributed by atoms with Crippen LogP contribution in [0.5, 0.6) is 0 Å². The first-order chi connectivity index (χ1) is 14.4. The molecule has 0 atom stereocenters. The highest BCUT2D eigenvalue weighted by Gasteiger charge is 2.30. The molecule has 8 nitrogen and oxygen atoms in total. The van der Waals surface area contributed by atoms with Gasteiger partial charge in [0, 0.05) is 63.4 Å². The lowest BCUT2D eigenvalue weighted by Crippen LogP contribution is -2.48. The van der Waals surface area contributed by atoms with Gasteiger partial charge in [-0.2, -0.15) is 10.4 Å². The van der Waals surface area contributed by atoms with Crippen molar-refractivity contribution >= 4 is 5.91 Å². The molecule has 0 unspecified atom stereocenters. The molecule has 30 heavy (non-hydrogen) atoms. The number of aryl methyl sites for hydroxylation is 3. The number of carbonyl (C=O) groups excluding carboxylic acids is 1. The molecule has 4 heterocycles. The molecule has 1 saturated heterocycles. The summed E-state index contributed by atoms with van der Waals surface area (Å²) < 4.78 is 9.43. The van der Waals surface area contributed by atoms with Crippen molar-refractivity contribution in [2.24, 2.45) is 7.05 Å². The van der Waals surface area contributed by atoms with Gasteiger partial charge in [-0.05, 0) is 32.9 Å². The summed E-state index contributed by atoms with van der Waals surface area (Å²) in [6.07, 6.45) is 3.60. The first-order valence-corrected chi connectivity index (χ1v) is 10.1. The number of piperazine rings is 1. The van der Waals surface area contributed by atoms with Crippen molar-refractivity contribution in [3.8, 4) is 12.0 Å². The summed E-state index contributed by atoms with van der Waals surface area (Å²) in [7, 11) is 1.96. The van der Waals surface area contributed by atoms with Crippen molar-refractivity contribution in [1.82, 2.24) is 24.1 Å². The Morgan fingerprint density at radius 1 is 1.17 bits per heavy atom. The topological polar surface area (TPSA) is 83.2 Å². The standard InChI is InChI=1S/C22H26N6O2/c1-15-19(16(2)25(4)24-15)14-26-9-11-27(12-10-26)21(29)20-17(3)30-22(18(20)13-23)28-7-5-6-8-28/h5-8H,9-12,14H2,1-4H3. The lowest BCUT2D eigenvalue weighted by molar-refractivity contribution is 0.0626. The fourth-order valence-electron chi connectivity index (χ4n) is 4.08. The minimum atomic E-state index is -0.139. The summed E-state index contributed by atoms with van der Waals surface area (Å²) in [5.74, 6) is 0.730. The molecule has 0 bridgehead atoms. The molecular weight excluding hydrogens is 380 g/mol. The largest absolute Gasteiger partial charge is 0.443 e. The van der Waals surface area contributed by atoms with E-state index in [0.717, 1.165) is 25.3 Å². The minimum Gasteiger partial charge on any atom is -0.443 e. The molecule has 0 aliphatic carbocycles. The summed E-state index contributed by atoms with van der Waals surface area (Å²) >= 11 is 0. The monoisotopic (exact) mass is 406 g/mol. The maximum Gasteiger partial charge on any atom is 0.258 e. The second kappa shape index (κ2) is 7.84. The maximum absolute atomic E-state index is 13.2. The van der Waals surface area contributed by atoms with Crippen molar-refractivity contribution in [2.75, 3.05) is 26.2 Å². The molecule has 4 rings (SSSR count). The minimum absolute atomic E-state index is 0.139. The molecular formula is C22H26N6O2. The molecule has 3 aromatic rings. The van der Waals surface area contributed by atoms with Crippen LogP contribution in [0.1, 0.15) is 38.6 Å². The second-order valence-electron chi connectivity index (χ2n) is 7.76. The molecule has 8 heteroatoms. The van der Waals surface area contributed by atoms with Gasteiger partial charge >= 0.3 is 0 Å². The Hall–Kier alpha value is -3.31. The zero-order valence-corrected chi connectivity index (χ0v) is 17.8. The van der Waals surface area contributed by atoms with Crippen LogP contribution in [0.4, 0.5) is 0 Å². The highest BCUT2D eigenvalue weighted by atomic mass is 16.4. The molecule has 1 fully saturated rings. The Bertz CT molecular complexity index is 1110. The van der Waals surface area contributed by atoms with E-state index < -0.39 is 0 Å². The lowest BCUT2D eigenvalue weighted by atomic mass is 10.1. The SMILES string of the molecule is Cc1nn(C)c(C)c1CN1CCN(C(=O)c2c(C)oc(-n3cccc3)c2C#N)CC1. The van der Waals surface area contributed by atoms with Crippen LogP contribution in [0.25, 0.3) is 5.88 Å². The van der Waals surface area contributed by atoms with E-state index in [4.69, 9.17) is 4.42 Å². The average Bonchev–Trinajstić information content (AvgIpc) is 3.43. The van der Waals surface area contributed by atoms with E-state index in [1.807, 2.05) is 35.7 Å². The molecule has 0 saturated carbocycles. The quantitative estimate of drug-likeness (QED) is 0.665. The van der Waals surface area contributed by atoms with Crippen LogP contribution in [0.2, 0.25) is 0 Å². The van der Waals surface area contributed by atoms with E-state index in [1.165, 1.54) is 11.3 Å². The highest BCUT2D eigenvalue weighted by Crippen LogP contribution is 2.27. The van der Waals surface area contributed by atoms with Crippen LogP contribution < -0.4 is 0 Å². The summed E-state index contributed by atoms with van der Waals surface area (Å²) in [6.45, 7) is 9.49. The van der Waals surface area contributed by atoms with Crippen molar-refractivity contribution in [2.45, 2.75) is 27.3 Å². The average molecular weight is 406 g/mol. The van der Waals surface area contributed by atoms with Gasteiger partial charge < -0.3 is 9.32 Å². The Morgan fingerprint density at radius 3 is 2.40 bits per heavy atom. The van der Waals surface area contributed by atoms with Gasteiger partial charge in [-0.15, -0.1) is 0 Å². The van der Waals surface area contributed by atoms with Gasteiger partial charge in [-0.3, -0.25) is 18.9 Å². The second-order valence-corrected chi connectivity index (χ2v) is 7.76. The summed E-state index contributed by atoms with van der Waals surface area (Å²) in [5, 5.41) is 14.2. The normalized spacial score (nSPS) is 14.8. The lowest BCUT2D eigenvalue weighted by Gasteiger charge is -2.34. The molecule has 1 amide bonds. The van der Waals surface area contributed by atoms with Crippen LogP contribution in [-0.2, 0) is 13.6 Å². The maximum atomic E-state index is 13.2. The summed E-state index contributed by atoms with van der Waals surface area (Å²) in [4.78, 5) is 17.4. The highest BCUT2D eigenvalue weighted by molar-refractivity contribution is 5.98. The molecule has 1 aliphatic heterocycles. The third kappa shape index (κ3) is 3.42. The van der Waals surface area contributed by atoms with Crippen molar-refractivity contribution in [3.63, 3.8) is 0 Å². The van der Waals surface area contributed by atoms with Gasteiger partial charge in [0.1, 0.15) is 23.0 Å². The van der Waals surface area contributed by atoms with Gasteiger partial charge in [0.25, 0.3) is 5.91 Å². The van der Waals surface area contributed by atoms with Crippen LogP contribution in [0.15, 0.2) is 28.9 Å². The fraction of sp³-hybridized carbons (Fsp3) is 0.409. The van der Waals surface area contributed by atoms with Gasteiger partial charge in [-0.25, -0.2) is 0 Å². The van der Waals surface area contributed by atoms with E-state index in [2.05, 4.69) is 23.0 Å². The predicted octanol–water partition coefficient (Wildman–Crippen LogP) is 2.56. The van der Waals surface area contributed by atoms with Gasteiger partial charge in [0.2, 0.25) is 5.88 Å². The first kappa shape index (κ1) is 20.0. The molecule has 156 valence electrons. The molecule has 0 aromatic carbocycles. The number of carbonyl (C=O) groups is 1. The van der Waals surface area contributed by atoms with Crippen molar-refractivity contribution in [1.29, 1.82) is 5.26 Å². The number of amides is 1. The van der Waals surface area contributed by atoms with Crippen molar-refractivity contribution < 1.29 is 9.21 Å². The fourth-order valence-corrected chi connectivity index (χ4v) is 4.08. The number of nitriles is 1. The van der Waals surface area contributed by atoms with Crippen LogP contribution >= 0.6 is 0 Å². The van der Waals surface area contributed by atoms with Crippen LogP contribution in [0, 0.1) is 32.1 Å². The van der Waals surface area contributed by atoms with Crippen LogP contribution in [-0.4, -0.2) is 56.2 Å². The zero-order valence-electron chi connectivity index (χ0n) is 17.8. The molecule has 1 aliphatic rings. The van der Waals surface area contributed by atoms with Gasteiger partial charge in [-0.1, -0.05) is 0 Å². The molecule has 3 aromatic heterocycles. The Balaban J connectivity index is 1.48. The molecule has 0 N–H and O–H groups in total. The van der Waals surface area contributed by atoms with Crippen molar-refractivity contribution in [3.05, 3.63) is 58.4 Å². The van der Waals surface area contributed by atoms with E-state index >= 15 is 0 Å². The summed E-state index contributed by atoms with van der Waals surface area (Å²) in [5.41, 5.74) is 4.15. The molecule has 0 radical (unpaired) electrons. The zero-order chi connectivity index (χ0) is 21.4. The summed E-state index contributed by atoms with van der Waals surface area (Å²) in [6, 6.07) is 5.87. The third-order valence-corrected chi connectivity index (χ3v) is 5.93. The predicted molar refractivity (Wildman–Crippen MR) is 111 cm³/mol. The smallest absolute Gasteiger partial charge is 0.258 e. The number of nitrogens with zero attached hydrogens (tertiary/aromatic N) is 6. The van der Waals surface area contributed by atoms with Gasteiger partial charge in [0.05, 0.1) is 5.69 Å². The van der Waals surface area contributed by atoms with E-state index in [0.29, 0.717) is 30.3 Å². The molecule has 0 spiro atoms. The Morgan fingerprint density at radius 2 is 1.83 bits per heavy atom. The number of rotatable bonds is 4. The van der Waals surface area contributed by atoms with E-state index in [-0.39, 0.29) is 11.5 Å². The van der Waals surface area contributed by atoms with E-state index in [1.54, 1.807) is 23.9 Å². The Labute approximate surface area is 175 Å².